The molecule has 0 aliphatic carbocycles. The smallest absolute Gasteiger partial charge is 0.383 e. The van der Waals surface area contributed by atoms with E-state index in [2.05, 4.69) is 30.1 Å². The van der Waals surface area contributed by atoms with Gasteiger partial charge < -0.3 is 10.2 Å². The topological polar surface area (TPSA) is 57.2 Å². The Hall–Kier alpha value is -2.94. The van der Waals surface area contributed by atoms with Crippen LogP contribution in [0.5, 0.6) is 0 Å². The average molecular weight is 402 g/mol. The third kappa shape index (κ3) is 4.56. The van der Waals surface area contributed by atoms with Crippen LogP contribution in [0, 0.1) is 0 Å². The van der Waals surface area contributed by atoms with E-state index in [0.717, 1.165) is 56.5 Å². The highest BCUT2D eigenvalue weighted by molar-refractivity contribution is 5.91. The number of nitrogens with one attached hydrogen (secondary N) is 1. The van der Waals surface area contributed by atoms with Gasteiger partial charge in [-0.15, -0.1) is 0 Å². The van der Waals surface area contributed by atoms with Crippen molar-refractivity contribution in [2.75, 3.05) is 49.5 Å². The molecular weight excluding hydrogens is 381 g/mol. The van der Waals surface area contributed by atoms with Crippen molar-refractivity contribution in [3.05, 3.63) is 54.5 Å². The summed E-state index contributed by atoms with van der Waals surface area (Å²) in [6, 6.07) is 7.26. The zero-order chi connectivity index (χ0) is 20.3. The molecule has 6 nitrogen and oxygen atoms in total. The van der Waals surface area contributed by atoms with Gasteiger partial charge in [-0.2, -0.15) is 13.2 Å². The number of benzene rings is 1. The molecule has 0 spiro atoms. The SMILES string of the molecule is FC(F)(F)c1ccc2c(NCCN3CCN(c4ncccn4)CC3)ccnc2c1. The molecule has 3 aromatic rings. The second-order valence-corrected chi connectivity index (χ2v) is 6.89. The molecule has 4 rings (SSSR count). The number of aromatic nitrogens is 3. The summed E-state index contributed by atoms with van der Waals surface area (Å²) in [5, 5.41) is 4.02. The first-order chi connectivity index (χ1) is 14.0. The molecule has 1 saturated heterocycles. The Morgan fingerprint density at radius 1 is 0.931 bits per heavy atom. The Morgan fingerprint density at radius 2 is 1.69 bits per heavy atom. The summed E-state index contributed by atoms with van der Waals surface area (Å²) in [6.07, 6.45) is 0.653. The number of hydrogen-bond acceptors (Lipinski definition) is 6. The zero-order valence-corrected chi connectivity index (χ0v) is 15.7. The standard InChI is InChI=1S/C20H21F3N6/c21-20(22,23)15-2-3-16-17(4-7-24-18(16)14-15)25-8-9-28-10-12-29(13-11-28)19-26-5-1-6-27-19/h1-7,14H,8-13H2,(H,24,25). The van der Waals surface area contributed by atoms with E-state index >= 15 is 0 Å². The molecule has 152 valence electrons. The Bertz CT molecular complexity index is 955. The maximum absolute atomic E-state index is 12.9. The summed E-state index contributed by atoms with van der Waals surface area (Å²) in [6.45, 7) is 5.08. The highest BCUT2D eigenvalue weighted by atomic mass is 19.4. The van der Waals surface area contributed by atoms with Crippen molar-refractivity contribution in [1.82, 2.24) is 19.9 Å². The fraction of sp³-hybridized carbons (Fsp3) is 0.350. The molecule has 0 amide bonds. The maximum Gasteiger partial charge on any atom is 0.416 e. The van der Waals surface area contributed by atoms with E-state index in [0.29, 0.717) is 17.4 Å². The summed E-state index contributed by atoms with van der Waals surface area (Å²) in [7, 11) is 0. The highest BCUT2D eigenvalue weighted by Gasteiger charge is 2.30. The Labute approximate surface area is 166 Å². The molecule has 0 radical (unpaired) electrons. The van der Waals surface area contributed by atoms with Crippen LogP contribution in [0.1, 0.15) is 5.56 Å². The lowest BCUT2D eigenvalue weighted by Gasteiger charge is -2.34. The van der Waals surface area contributed by atoms with Crippen LogP contribution in [0.4, 0.5) is 24.8 Å². The zero-order valence-electron chi connectivity index (χ0n) is 15.7. The van der Waals surface area contributed by atoms with Gasteiger partial charge in [0.05, 0.1) is 11.1 Å². The van der Waals surface area contributed by atoms with E-state index < -0.39 is 11.7 Å². The minimum atomic E-state index is -4.37. The number of nitrogens with zero attached hydrogens (tertiary/aromatic N) is 5. The maximum atomic E-state index is 12.9. The number of piperazine rings is 1. The summed E-state index contributed by atoms with van der Waals surface area (Å²) in [4.78, 5) is 17.2. The van der Waals surface area contributed by atoms with Gasteiger partial charge in [0.2, 0.25) is 5.95 Å². The summed E-state index contributed by atoms with van der Waals surface area (Å²) in [5.41, 5.74) is 0.441. The van der Waals surface area contributed by atoms with Crippen LogP contribution < -0.4 is 10.2 Å². The predicted molar refractivity (Wildman–Crippen MR) is 106 cm³/mol. The van der Waals surface area contributed by atoms with Crippen LogP contribution in [0.15, 0.2) is 48.9 Å². The molecule has 9 heteroatoms. The Kier molecular flexibility index (Phi) is 5.48. The van der Waals surface area contributed by atoms with Gasteiger partial charge in [-0.25, -0.2) is 9.97 Å². The van der Waals surface area contributed by atoms with E-state index in [-0.39, 0.29) is 0 Å². The van der Waals surface area contributed by atoms with Crippen LogP contribution in [-0.2, 0) is 6.18 Å². The molecule has 0 unspecified atom stereocenters. The third-order valence-corrected chi connectivity index (χ3v) is 5.02. The lowest BCUT2D eigenvalue weighted by atomic mass is 10.1. The van der Waals surface area contributed by atoms with E-state index in [1.807, 2.05) is 0 Å². The lowest BCUT2D eigenvalue weighted by molar-refractivity contribution is -0.137. The number of rotatable bonds is 5. The second kappa shape index (κ2) is 8.20. The first-order valence-corrected chi connectivity index (χ1v) is 9.45. The monoisotopic (exact) mass is 402 g/mol. The van der Waals surface area contributed by atoms with E-state index in [4.69, 9.17) is 0 Å². The number of pyridine rings is 1. The van der Waals surface area contributed by atoms with Crippen molar-refractivity contribution >= 4 is 22.5 Å². The fourth-order valence-electron chi connectivity index (χ4n) is 3.45. The normalized spacial score (nSPS) is 15.6. The number of fused-ring (bicyclic) bond motifs is 1. The molecule has 1 aliphatic heterocycles. The van der Waals surface area contributed by atoms with Crippen molar-refractivity contribution in [1.29, 1.82) is 0 Å². The van der Waals surface area contributed by atoms with Crippen molar-refractivity contribution in [3.63, 3.8) is 0 Å². The predicted octanol–water partition coefficient (Wildman–Crippen LogP) is 3.28. The third-order valence-electron chi connectivity index (χ3n) is 5.02. The van der Waals surface area contributed by atoms with Gasteiger partial charge in [-0.05, 0) is 24.3 Å². The first kappa shape index (κ1) is 19.4. The molecule has 2 aromatic heterocycles. The quantitative estimate of drug-likeness (QED) is 0.707. The molecule has 0 bridgehead atoms. The summed E-state index contributed by atoms with van der Waals surface area (Å²) in [5.74, 6) is 0.756. The summed E-state index contributed by atoms with van der Waals surface area (Å²) >= 11 is 0. The molecule has 0 saturated carbocycles. The molecule has 1 N–H and O–H groups in total. The molecule has 0 atom stereocenters. The minimum Gasteiger partial charge on any atom is -0.383 e. The van der Waals surface area contributed by atoms with Crippen molar-refractivity contribution in [2.24, 2.45) is 0 Å². The number of hydrogen-bond donors (Lipinski definition) is 1. The van der Waals surface area contributed by atoms with Gasteiger partial charge >= 0.3 is 6.18 Å². The largest absolute Gasteiger partial charge is 0.416 e. The lowest BCUT2D eigenvalue weighted by Crippen LogP contribution is -2.48. The van der Waals surface area contributed by atoms with E-state index in [1.165, 1.54) is 12.3 Å². The van der Waals surface area contributed by atoms with Crippen LogP contribution in [0.2, 0.25) is 0 Å². The van der Waals surface area contributed by atoms with Crippen molar-refractivity contribution in [2.45, 2.75) is 6.18 Å². The van der Waals surface area contributed by atoms with Gasteiger partial charge in [0.15, 0.2) is 0 Å². The molecule has 1 aromatic carbocycles. The second-order valence-electron chi connectivity index (χ2n) is 6.89. The number of halogens is 3. The van der Waals surface area contributed by atoms with Gasteiger partial charge in [-0.3, -0.25) is 9.88 Å². The average Bonchev–Trinajstić information content (AvgIpc) is 2.74. The minimum absolute atomic E-state index is 0.335. The van der Waals surface area contributed by atoms with Gasteiger partial charge in [0.1, 0.15) is 0 Å². The first-order valence-electron chi connectivity index (χ1n) is 9.45. The van der Waals surface area contributed by atoms with Crippen LogP contribution in [-0.4, -0.2) is 59.1 Å². The Balaban J connectivity index is 1.32. The van der Waals surface area contributed by atoms with Crippen LogP contribution >= 0.6 is 0 Å². The van der Waals surface area contributed by atoms with Crippen LogP contribution in [0.3, 0.4) is 0 Å². The molecule has 29 heavy (non-hydrogen) atoms. The van der Waals surface area contributed by atoms with Crippen molar-refractivity contribution < 1.29 is 13.2 Å². The molecule has 1 aliphatic rings. The van der Waals surface area contributed by atoms with Gasteiger partial charge in [0, 0.05) is 68.9 Å². The van der Waals surface area contributed by atoms with E-state index in [9.17, 15) is 13.2 Å². The van der Waals surface area contributed by atoms with E-state index in [1.54, 1.807) is 24.5 Å². The summed E-state index contributed by atoms with van der Waals surface area (Å²) < 4.78 is 38.7. The number of anilines is 2. The van der Waals surface area contributed by atoms with Crippen LogP contribution in [0.25, 0.3) is 10.9 Å². The Morgan fingerprint density at radius 3 is 2.41 bits per heavy atom. The molecule has 3 heterocycles. The highest BCUT2D eigenvalue weighted by Crippen LogP contribution is 2.32. The molecular formula is C20H21F3N6. The van der Waals surface area contributed by atoms with Crippen molar-refractivity contribution in [3.8, 4) is 0 Å². The number of alkyl halides is 3. The molecule has 1 fully saturated rings. The fourth-order valence-corrected chi connectivity index (χ4v) is 3.45. The van der Waals surface area contributed by atoms with Gasteiger partial charge in [0.25, 0.3) is 0 Å². The van der Waals surface area contributed by atoms with Gasteiger partial charge in [-0.1, -0.05) is 6.07 Å².